The van der Waals surface area contributed by atoms with Gasteiger partial charge in [0, 0.05) is 34.3 Å². The normalized spacial score (nSPS) is 11.8. The van der Waals surface area contributed by atoms with Crippen molar-refractivity contribution in [3.63, 3.8) is 0 Å². The van der Waals surface area contributed by atoms with Gasteiger partial charge in [-0.2, -0.15) is 0 Å². The summed E-state index contributed by atoms with van der Waals surface area (Å²) in [4.78, 5) is 9.76. The van der Waals surface area contributed by atoms with Crippen molar-refractivity contribution in [2.45, 2.75) is 9.79 Å². The van der Waals surface area contributed by atoms with E-state index in [4.69, 9.17) is 5.73 Å². The Balaban J connectivity index is 0.000000283. The van der Waals surface area contributed by atoms with Crippen LogP contribution >= 0.6 is 0 Å². The second kappa shape index (κ2) is 9.10. The van der Waals surface area contributed by atoms with Crippen molar-refractivity contribution < 1.29 is 21.8 Å². The minimum absolute atomic E-state index is 0.153. The summed E-state index contributed by atoms with van der Waals surface area (Å²) in [5, 5.41) is 10.6. The maximum absolute atomic E-state index is 11.7. The molecular weight excluding hydrogens is 408 g/mol. The van der Waals surface area contributed by atoms with Gasteiger partial charge in [0.25, 0.3) is 5.69 Å². The summed E-state index contributed by atoms with van der Waals surface area (Å²) in [5.74, 6) is 0. The molecule has 28 heavy (non-hydrogen) atoms. The summed E-state index contributed by atoms with van der Waals surface area (Å²) in [6, 6.07) is 11.7. The van der Waals surface area contributed by atoms with Crippen molar-refractivity contribution in [3.05, 3.63) is 58.6 Å². The molecule has 2 rings (SSSR count). The highest BCUT2D eigenvalue weighted by Crippen LogP contribution is 2.24. The summed E-state index contributed by atoms with van der Waals surface area (Å²) in [7, 11) is -1.56. The van der Waals surface area contributed by atoms with Crippen LogP contribution in [0.15, 0.2) is 58.3 Å². The number of nitrogens with two attached hydrogens (primary N) is 1. The molecule has 12 heteroatoms. The van der Waals surface area contributed by atoms with Crippen molar-refractivity contribution in [1.29, 1.82) is 0 Å². The van der Waals surface area contributed by atoms with Crippen molar-refractivity contribution in [2.75, 3.05) is 33.9 Å². The number of sulfonamides is 2. The first-order valence-electron chi connectivity index (χ1n) is 7.76. The molecule has 0 fully saturated rings. The minimum atomic E-state index is -3.76. The number of nitro groups is 1. The van der Waals surface area contributed by atoms with E-state index in [9.17, 15) is 26.9 Å². The molecule has 0 heterocycles. The van der Waals surface area contributed by atoms with Gasteiger partial charge in [-0.05, 0) is 18.2 Å². The van der Waals surface area contributed by atoms with Crippen LogP contribution in [0, 0.1) is 10.1 Å². The highest BCUT2D eigenvalue weighted by molar-refractivity contribution is 7.89. The smallest absolute Gasteiger partial charge is 0.289 e. The highest BCUT2D eigenvalue weighted by Gasteiger charge is 2.26. The zero-order valence-electron chi connectivity index (χ0n) is 15.8. The fourth-order valence-electron chi connectivity index (χ4n) is 1.93. The number of hydrogen-bond donors (Lipinski definition) is 1. The molecule has 0 radical (unpaired) electrons. The van der Waals surface area contributed by atoms with Gasteiger partial charge in [-0.25, -0.2) is 25.4 Å². The zero-order valence-corrected chi connectivity index (χ0v) is 17.4. The molecule has 2 aromatic rings. The molecule has 0 aliphatic rings. The fourth-order valence-corrected chi connectivity index (χ4v) is 4.00. The number of nitrogen functional groups attached to an aromatic ring is 1. The fraction of sp³-hybridized carbons (Fsp3) is 0.250. The van der Waals surface area contributed by atoms with Crippen LogP contribution in [-0.2, 0) is 20.0 Å². The number of nitro benzene ring substituents is 1. The largest absolute Gasteiger partial charge is 0.398 e. The van der Waals surface area contributed by atoms with E-state index in [1.807, 2.05) is 0 Å². The van der Waals surface area contributed by atoms with Gasteiger partial charge < -0.3 is 5.73 Å². The van der Waals surface area contributed by atoms with Gasteiger partial charge in [-0.3, -0.25) is 10.1 Å². The Labute approximate surface area is 164 Å². The lowest BCUT2D eigenvalue weighted by atomic mass is 10.3. The Bertz CT molecular complexity index is 1050. The molecule has 0 aromatic heterocycles. The van der Waals surface area contributed by atoms with Crippen molar-refractivity contribution >= 4 is 31.4 Å². The van der Waals surface area contributed by atoms with E-state index in [1.165, 1.54) is 52.5 Å². The number of rotatable bonds is 5. The molecule has 0 amide bonds. The third kappa shape index (κ3) is 5.25. The molecule has 0 unspecified atom stereocenters. The summed E-state index contributed by atoms with van der Waals surface area (Å²) in [5.41, 5.74) is 5.40. The molecule has 10 nitrogen and oxygen atoms in total. The highest BCUT2D eigenvalue weighted by atomic mass is 32.2. The number of hydrogen-bond acceptors (Lipinski definition) is 7. The maximum atomic E-state index is 11.7. The molecule has 0 saturated carbocycles. The SMILES string of the molecule is CN(C)S(=O)(=O)c1ccccc1N.CN(C)S(=O)(=O)c1ccccc1[N+](=O)[O-]. The molecular formula is C16H22N4O6S2. The van der Waals surface area contributed by atoms with Gasteiger partial charge in [-0.1, -0.05) is 24.3 Å². The van der Waals surface area contributed by atoms with Gasteiger partial charge in [0.15, 0.2) is 4.90 Å². The lowest BCUT2D eigenvalue weighted by Gasteiger charge is -2.12. The van der Waals surface area contributed by atoms with Gasteiger partial charge in [0.05, 0.1) is 10.6 Å². The second-order valence-electron chi connectivity index (χ2n) is 5.84. The number of para-hydroxylation sites is 2. The molecule has 0 spiro atoms. The van der Waals surface area contributed by atoms with Crippen LogP contribution in [0.25, 0.3) is 0 Å². The van der Waals surface area contributed by atoms with Crippen LogP contribution in [0.2, 0.25) is 0 Å². The molecule has 0 saturated heterocycles. The predicted molar refractivity (Wildman–Crippen MR) is 106 cm³/mol. The first-order chi connectivity index (χ1) is 12.8. The van der Waals surface area contributed by atoms with Gasteiger partial charge in [0.2, 0.25) is 20.0 Å². The van der Waals surface area contributed by atoms with Crippen LogP contribution in [0.4, 0.5) is 11.4 Å². The molecule has 0 atom stereocenters. The predicted octanol–water partition coefficient (Wildman–Crippen LogP) is 1.36. The van der Waals surface area contributed by atoms with Gasteiger partial charge in [0.1, 0.15) is 4.90 Å². The Morgan fingerprint density at radius 1 is 0.786 bits per heavy atom. The maximum Gasteiger partial charge on any atom is 0.289 e. The molecule has 0 aliphatic heterocycles. The monoisotopic (exact) mass is 430 g/mol. The van der Waals surface area contributed by atoms with Crippen LogP contribution in [0.3, 0.4) is 0 Å². The van der Waals surface area contributed by atoms with E-state index < -0.39 is 30.7 Å². The third-order valence-corrected chi connectivity index (χ3v) is 7.25. The van der Waals surface area contributed by atoms with E-state index in [2.05, 4.69) is 0 Å². The topological polar surface area (TPSA) is 144 Å². The zero-order chi connectivity index (χ0) is 21.7. The summed E-state index contributed by atoms with van der Waals surface area (Å²) in [6.07, 6.45) is 0. The number of benzene rings is 2. The van der Waals surface area contributed by atoms with Crippen molar-refractivity contribution in [1.82, 2.24) is 8.61 Å². The van der Waals surface area contributed by atoms with Crippen LogP contribution in [-0.4, -0.2) is 58.6 Å². The van der Waals surface area contributed by atoms with Crippen LogP contribution in [0.1, 0.15) is 0 Å². The summed E-state index contributed by atoms with van der Waals surface area (Å²) >= 11 is 0. The van der Waals surface area contributed by atoms with E-state index in [0.717, 1.165) is 14.7 Å². The lowest BCUT2D eigenvalue weighted by Crippen LogP contribution is -2.23. The van der Waals surface area contributed by atoms with Crippen molar-refractivity contribution in [3.8, 4) is 0 Å². The molecule has 0 aliphatic carbocycles. The molecule has 2 aromatic carbocycles. The van der Waals surface area contributed by atoms with Gasteiger partial charge in [-0.15, -0.1) is 0 Å². The van der Waals surface area contributed by atoms with Crippen LogP contribution < -0.4 is 5.73 Å². The first kappa shape index (κ1) is 23.5. The van der Waals surface area contributed by atoms with Crippen molar-refractivity contribution in [2.24, 2.45) is 0 Å². The van der Waals surface area contributed by atoms with E-state index >= 15 is 0 Å². The Morgan fingerprint density at radius 3 is 1.61 bits per heavy atom. The molecule has 2 N–H and O–H groups in total. The average Bonchev–Trinajstić information content (AvgIpc) is 2.62. The summed E-state index contributed by atoms with van der Waals surface area (Å²) < 4.78 is 48.6. The Kier molecular flexibility index (Phi) is 7.64. The summed E-state index contributed by atoms with van der Waals surface area (Å²) in [6.45, 7) is 0. The number of anilines is 1. The second-order valence-corrected chi connectivity index (χ2v) is 10.1. The lowest BCUT2D eigenvalue weighted by molar-refractivity contribution is -0.387. The Morgan fingerprint density at radius 2 is 1.18 bits per heavy atom. The third-order valence-electron chi connectivity index (χ3n) is 3.50. The molecule has 154 valence electrons. The van der Waals surface area contributed by atoms with E-state index in [0.29, 0.717) is 0 Å². The molecule has 0 bridgehead atoms. The average molecular weight is 431 g/mol. The first-order valence-corrected chi connectivity index (χ1v) is 10.6. The van der Waals surface area contributed by atoms with E-state index in [1.54, 1.807) is 18.2 Å². The quantitative estimate of drug-likeness (QED) is 0.428. The standard InChI is InChI=1S/C8H10N2O4S.C8H12N2O2S/c1-9(2)15(13,14)8-6-4-3-5-7(8)10(11)12;1-10(2)13(11,12)8-6-4-3-5-7(8)9/h3-6H,1-2H3;3-6H,9H2,1-2H3. The van der Waals surface area contributed by atoms with Crippen LogP contribution in [0.5, 0.6) is 0 Å². The minimum Gasteiger partial charge on any atom is -0.398 e. The number of nitrogens with zero attached hydrogens (tertiary/aromatic N) is 3. The van der Waals surface area contributed by atoms with Gasteiger partial charge >= 0.3 is 0 Å². The Hall–Kier alpha value is -2.54. The van der Waals surface area contributed by atoms with E-state index in [-0.39, 0.29) is 15.5 Å².